The summed E-state index contributed by atoms with van der Waals surface area (Å²) in [6.07, 6.45) is 1.80. The first-order valence-electron chi connectivity index (χ1n) is 10.9. The summed E-state index contributed by atoms with van der Waals surface area (Å²) in [5.74, 6) is -2.87. The molecule has 32 heavy (non-hydrogen) atoms. The topological polar surface area (TPSA) is 200 Å². The first-order chi connectivity index (χ1) is 14.7. The smallest absolute Gasteiger partial charge is 0.451 e. The van der Waals surface area contributed by atoms with Crippen LogP contribution in [0.2, 0.25) is 6.32 Å². The molecule has 12 nitrogen and oxygen atoms in total. The minimum Gasteiger partial charge on any atom is -0.479 e. The molecule has 2 rings (SSSR count). The number of aliphatic carboxylic acids is 1. The first kappa shape index (κ1) is 27.0. The summed E-state index contributed by atoms with van der Waals surface area (Å²) >= 11 is 0. The van der Waals surface area contributed by atoms with Crippen molar-refractivity contribution < 1.29 is 33.2 Å². The lowest BCUT2D eigenvalue weighted by molar-refractivity contribution is -0.149. The second kappa shape index (κ2) is 9.91. The van der Waals surface area contributed by atoms with Crippen molar-refractivity contribution >= 4 is 29.2 Å². The van der Waals surface area contributed by atoms with Crippen LogP contribution in [0, 0.1) is 5.92 Å². The number of carboxylic acids is 1. The molecule has 0 radical (unpaired) electrons. The summed E-state index contributed by atoms with van der Waals surface area (Å²) in [4.78, 5) is 24.8. The zero-order chi connectivity index (χ0) is 24.5. The summed E-state index contributed by atoms with van der Waals surface area (Å²) in [6.45, 7) is 4.40. The van der Waals surface area contributed by atoms with Gasteiger partial charge in [0.25, 0.3) is 10.2 Å². The number of carboxylic acid groups (broad SMARTS) is 1. The number of carbonyl (C=O) groups excluding carboxylic acids is 1. The van der Waals surface area contributed by atoms with Gasteiger partial charge in [0.15, 0.2) is 5.54 Å². The van der Waals surface area contributed by atoms with Crippen molar-refractivity contribution in [2.75, 3.05) is 19.6 Å². The number of amides is 1. The van der Waals surface area contributed by atoms with Crippen LogP contribution in [0.5, 0.6) is 0 Å². The van der Waals surface area contributed by atoms with E-state index in [0.29, 0.717) is 12.8 Å². The van der Waals surface area contributed by atoms with Crippen LogP contribution >= 0.6 is 0 Å². The number of likely N-dealkylation sites (N-methyl/N-ethyl adjacent to an activating group) is 1. The van der Waals surface area contributed by atoms with Crippen molar-refractivity contribution in [3.05, 3.63) is 0 Å². The van der Waals surface area contributed by atoms with Gasteiger partial charge < -0.3 is 31.9 Å². The third-order valence-electron chi connectivity index (χ3n) is 6.73. The second-order valence-corrected chi connectivity index (χ2v) is 11.0. The molecular formula is C18H36BN5O7S. The molecule has 184 valence electrons. The molecule has 1 saturated carbocycles. The molecule has 4 atom stereocenters. The molecule has 0 aromatic heterocycles. The van der Waals surface area contributed by atoms with Gasteiger partial charge in [0.05, 0.1) is 6.04 Å². The fourth-order valence-corrected chi connectivity index (χ4v) is 6.31. The number of nitrogens with one attached hydrogen (secondary N) is 1. The van der Waals surface area contributed by atoms with E-state index in [2.05, 4.69) is 5.32 Å². The van der Waals surface area contributed by atoms with Gasteiger partial charge in [0, 0.05) is 37.1 Å². The molecule has 2 aliphatic rings. The van der Waals surface area contributed by atoms with E-state index >= 15 is 0 Å². The Bertz CT molecular complexity index is 808. The number of hydrogen-bond donors (Lipinski definition) is 6. The van der Waals surface area contributed by atoms with Crippen molar-refractivity contribution in [2.45, 2.75) is 75.9 Å². The Kier molecular flexibility index (Phi) is 8.35. The monoisotopic (exact) mass is 477 g/mol. The minimum atomic E-state index is -4.09. The molecule has 1 aliphatic carbocycles. The highest BCUT2D eigenvalue weighted by Gasteiger charge is 2.58. The van der Waals surface area contributed by atoms with E-state index in [1.54, 1.807) is 13.8 Å². The van der Waals surface area contributed by atoms with E-state index in [9.17, 15) is 23.1 Å². The van der Waals surface area contributed by atoms with Gasteiger partial charge in [-0.2, -0.15) is 17.0 Å². The molecule has 0 unspecified atom stereocenters. The SMILES string of the molecule is CCN([C@H](C)C1(N)CC1)S(=O)(=O)N1C[C@H](CCCB(O)O)[C@](NC(=O)[C@H](C)N)(C(=O)O)C1. The summed E-state index contributed by atoms with van der Waals surface area (Å²) in [5.41, 5.74) is 9.37. The van der Waals surface area contributed by atoms with Crippen molar-refractivity contribution in [3.63, 3.8) is 0 Å². The second-order valence-electron chi connectivity index (χ2n) is 9.08. The van der Waals surface area contributed by atoms with E-state index in [0.717, 1.165) is 4.31 Å². The molecule has 8 N–H and O–H groups in total. The third kappa shape index (κ3) is 5.43. The van der Waals surface area contributed by atoms with Crippen molar-refractivity contribution in [1.82, 2.24) is 13.9 Å². The predicted octanol–water partition coefficient (Wildman–Crippen LogP) is -2.10. The Hall–Kier alpha value is -1.29. The molecule has 2 fully saturated rings. The molecule has 0 bridgehead atoms. The van der Waals surface area contributed by atoms with Gasteiger partial charge in [-0.05, 0) is 39.4 Å². The maximum absolute atomic E-state index is 13.5. The van der Waals surface area contributed by atoms with Gasteiger partial charge in [-0.25, -0.2) is 4.79 Å². The average molecular weight is 477 g/mol. The van der Waals surface area contributed by atoms with Crippen molar-refractivity contribution in [3.8, 4) is 0 Å². The molecule has 0 spiro atoms. The van der Waals surface area contributed by atoms with Gasteiger partial charge in [-0.15, -0.1) is 0 Å². The van der Waals surface area contributed by atoms with E-state index in [4.69, 9.17) is 21.5 Å². The molecule has 0 aromatic carbocycles. The number of nitrogens with zero attached hydrogens (tertiary/aromatic N) is 2. The van der Waals surface area contributed by atoms with Crippen LogP contribution in [0.3, 0.4) is 0 Å². The van der Waals surface area contributed by atoms with Gasteiger partial charge in [0.2, 0.25) is 5.91 Å². The predicted molar refractivity (Wildman–Crippen MR) is 118 cm³/mol. The van der Waals surface area contributed by atoms with Gasteiger partial charge in [0.1, 0.15) is 0 Å². The van der Waals surface area contributed by atoms with E-state index in [-0.39, 0.29) is 32.3 Å². The Labute approximate surface area is 189 Å². The number of carbonyl (C=O) groups is 2. The lowest BCUT2D eigenvalue weighted by Crippen LogP contribution is -2.63. The highest BCUT2D eigenvalue weighted by Crippen LogP contribution is 2.41. The summed E-state index contributed by atoms with van der Waals surface area (Å²) in [5, 5.41) is 30.8. The molecule has 14 heteroatoms. The normalized spacial score (nSPS) is 27.2. The zero-order valence-corrected chi connectivity index (χ0v) is 19.7. The van der Waals surface area contributed by atoms with Gasteiger partial charge in [-0.1, -0.05) is 13.3 Å². The van der Waals surface area contributed by atoms with Gasteiger partial charge >= 0.3 is 13.1 Å². The van der Waals surface area contributed by atoms with Crippen LogP contribution in [-0.4, -0.2) is 94.0 Å². The maximum atomic E-state index is 13.5. The first-order valence-corrected chi connectivity index (χ1v) is 12.3. The highest BCUT2D eigenvalue weighted by atomic mass is 32.2. The zero-order valence-electron chi connectivity index (χ0n) is 18.9. The molecule has 1 saturated heterocycles. The summed E-state index contributed by atoms with van der Waals surface area (Å²) < 4.78 is 29.4. The maximum Gasteiger partial charge on any atom is 0.451 e. The number of rotatable bonds is 12. The molecule has 1 amide bonds. The molecule has 1 aliphatic heterocycles. The average Bonchev–Trinajstić information content (AvgIpc) is 3.32. The molecular weight excluding hydrogens is 441 g/mol. The largest absolute Gasteiger partial charge is 0.479 e. The van der Waals surface area contributed by atoms with Crippen LogP contribution < -0.4 is 16.8 Å². The van der Waals surface area contributed by atoms with Crippen LogP contribution in [-0.2, 0) is 19.8 Å². The molecule has 0 aromatic rings. The van der Waals surface area contributed by atoms with Crippen LogP contribution in [0.1, 0.15) is 46.5 Å². The Morgan fingerprint density at radius 1 is 1.31 bits per heavy atom. The van der Waals surface area contributed by atoms with E-state index < -0.39 is 64.8 Å². The van der Waals surface area contributed by atoms with E-state index in [1.165, 1.54) is 11.2 Å². The van der Waals surface area contributed by atoms with Crippen molar-refractivity contribution in [2.24, 2.45) is 17.4 Å². The summed E-state index contributed by atoms with van der Waals surface area (Å²) in [6, 6.07) is -1.46. The Morgan fingerprint density at radius 3 is 2.34 bits per heavy atom. The highest BCUT2D eigenvalue weighted by molar-refractivity contribution is 7.86. The minimum absolute atomic E-state index is 0.00595. The van der Waals surface area contributed by atoms with Gasteiger partial charge in [-0.3, -0.25) is 4.79 Å². The van der Waals surface area contributed by atoms with Crippen LogP contribution in [0.15, 0.2) is 0 Å². The third-order valence-corrected chi connectivity index (χ3v) is 8.83. The lowest BCUT2D eigenvalue weighted by Gasteiger charge is -2.35. The fraction of sp³-hybridized carbons (Fsp3) is 0.889. The quantitative estimate of drug-likeness (QED) is 0.170. The Balaban J connectivity index is 2.38. The molecule has 1 heterocycles. The van der Waals surface area contributed by atoms with Crippen molar-refractivity contribution in [1.29, 1.82) is 0 Å². The standard InChI is InChI=1S/C18H36BN5O7S/c1-4-24(13(3)17(21)7-8-17)32(30,31)23-10-14(6-5-9-19(28)29)18(11-23,16(26)27)22-15(25)12(2)20/h12-14,28-29H,4-11,20-21H2,1-3H3,(H,22,25)(H,26,27)/t12-,13+,14-,18-/m0/s1. The number of hydrogen-bond acceptors (Lipinski definition) is 8. The Morgan fingerprint density at radius 2 is 1.91 bits per heavy atom. The van der Waals surface area contributed by atoms with Crippen LogP contribution in [0.4, 0.5) is 0 Å². The fourth-order valence-electron chi connectivity index (χ4n) is 4.34. The van der Waals surface area contributed by atoms with E-state index in [1.807, 2.05) is 0 Å². The van der Waals surface area contributed by atoms with Crippen LogP contribution in [0.25, 0.3) is 0 Å². The summed E-state index contributed by atoms with van der Waals surface area (Å²) in [7, 11) is -5.65. The number of nitrogens with two attached hydrogens (primary N) is 2. The lowest BCUT2D eigenvalue weighted by atomic mass is 9.78.